The fourth-order valence-corrected chi connectivity index (χ4v) is 3.20. The summed E-state index contributed by atoms with van der Waals surface area (Å²) in [5.74, 6) is -1.35. The second-order valence-electron chi connectivity index (χ2n) is 4.86. The molecule has 0 radical (unpaired) electrons. The Labute approximate surface area is 117 Å². The third-order valence-electron chi connectivity index (χ3n) is 3.19. The van der Waals surface area contributed by atoms with E-state index in [0.29, 0.717) is 5.75 Å². The second kappa shape index (κ2) is 5.80. The highest BCUT2D eigenvalue weighted by Gasteiger charge is 2.35. The number of carboxylic acids is 1. The standard InChI is InChI=1S/C13H17NO5S/c1-19-11-6-4-10(5-7-11)13(9-2-3-9)14-20(17,18)8-12(15)16/h4-7,9,13-14H,2-3,8H2,1H3,(H,15,16). The first-order chi connectivity index (χ1) is 9.41. The zero-order chi connectivity index (χ0) is 14.8. The van der Waals surface area contributed by atoms with Crippen LogP contribution in [-0.2, 0) is 14.8 Å². The van der Waals surface area contributed by atoms with Crippen LogP contribution in [0.15, 0.2) is 24.3 Å². The fourth-order valence-electron chi connectivity index (χ4n) is 2.07. The average Bonchev–Trinajstić information content (AvgIpc) is 3.19. The van der Waals surface area contributed by atoms with E-state index in [4.69, 9.17) is 9.84 Å². The van der Waals surface area contributed by atoms with Gasteiger partial charge in [0.2, 0.25) is 10.0 Å². The molecule has 1 aliphatic rings. The van der Waals surface area contributed by atoms with Gasteiger partial charge in [0.25, 0.3) is 0 Å². The summed E-state index contributed by atoms with van der Waals surface area (Å²) in [4.78, 5) is 10.6. The minimum absolute atomic E-state index is 0.229. The van der Waals surface area contributed by atoms with Crippen LogP contribution in [0, 0.1) is 5.92 Å². The molecule has 110 valence electrons. The van der Waals surface area contributed by atoms with Gasteiger partial charge in [-0.15, -0.1) is 0 Å². The number of ether oxygens (including phenoxy) is 1. The largest absolute Gasteiger partial charge is 0.497 e. The molecule has 2 rings (SSSR count). The number of sulfonamides is 1. The van der Waals surface area contributed by atoms with Gasteiger partial charge in [0, 0.05) is 6.04 Å². The van der Waals surface area contributed by atoms with Crippen LogP contribution < -0.4 is 9.46 Å². The van der Waals surface area contributed by atoms with Crippen LogP contribution in [0.1, 0.15) is 24.4 Å². The van der Waals surface area contributed by atoms with Crippen LogP contribution in [0.3, 0.4) is 0 Å². The predicted octanol–water partition coefficient (Wildman–Crippen LogP) is 1.15. The Bertz CT molecular complexity index is 577. The second-order valence-corrected chi connectivity index (χ2v) is 6.61. The van der Waals surface area contributed by atoms with Crippen LogP contribution >= 0.6 is 0 Å². The van der Waals surface area contributed by atoms with Gasteiger partial charge < -0.3 is 9.84 Å². The molecule has 0 bridgehead atoms. The first-order valence-electron chi connectivity index (χ1n) is 6.27. The number of hydrogen-bond donors (Lipinski definition) is 2. The molecule has 0 aromatic heterocycles. The Hall–Kier alpha value is -1.60. The third-order valence-corrected chi connectivity index (χ3v) is 4.43. The van der Waals surface area contributed by atoms with Crippen molar-refractivity contribution in [2.24, 2.45) is 5.92 Å². The summed E-state index contributed by atoms with van der Waals surface area (Å²) in [6.45, 7) is 0. The van der Waals surface area contributed by atoms with Crippen molar-refractivity contribution in [3.05, 3.63) is 29.8 Å². The Kier molecular flexibility index (Phi) is 4.29. The van der Waals surface area contributed by atoms with Gasteiger partial charge in [0.05, 0.1) is 7.11 Å². The van der Waals surface area contributed by atoms with Crippen LogP contribution in [0.5, 0.6) is 5.75 Å². The molecule has 1 saturated carbocycles. The number of carboxylic acid groups (broad SMARTS) is 1. The number of rotatable bonds is 7. The Morgan fingerprint density at radius 3 is 2.45 bits per heavy atom. The van der Waals surface area contributed by atoms with E-state index in [1.807, 2.05) is 0 Å². The highest BCUT2D eigenvalue weighted by atomic mass is 32.2. The van der Waals surface area contributed by atoms with Crippen LogP contribution in [0.4, 0.5) is 0 Å². The Balaban J connectivity index is 2.16. The number of nitrogens with one attached hydrogen (secondary N) is 1. The highest BCUT2D eigenvalue weighted by Crippen LogP contribution is 2.41. The smallest absolute Gasteiger partial charge is 0.320 e. The molecule has 6 nitrogen and oxygen atoms in total. The molecular formula is C13H17NO5S. The van der Waals surface area contributed by atoms with Crippen LogP contribution in [0.25, 0.3) is 0 Å². The van der Waals surface area contributed by atoms with E-state index < -0.39 is 21.7 Å². The quantitative estimate of drug-likeness (QED) is 0.788. The van der Waals surface area contributed by atoms with E-state index in [-0.39, 0.29) is 12.0 Å². The normalized spacial score (nSPS) is 16.6. The summed E-state index contributed by atoms with van der Waals surface area (Å²) >= 11 is 0. The van der Waals surface area contributed by atoms with Gasteiger partial charge in [-0.3, -0.25) is 4.79 Å². The molecule has 1 fully saturated rings. The summed E-state index contributed by atoms with van der Waals surface area (Å²) < 4.78 is 31.1. The average molecular weight is 299 g/mol. The summed E-state index contributed by atoms with van der Waals surface area (Å²) in [6, 6.07) is 6.74. The number of aliphatic carboxylic acids is 1. The van der Waals surface area contributed by atoms with Crippen LogP contribution in [-0.4, -0.2) is 32.4 Å². The van der Waals surface area contributed by atoms with Gasteiger partial charge in [-0.1, -0.05) is 12.1 Å². The molecule has 2 N–H and O–H groups in total. The molecule has 0 amide bonds. The van der Waals surface area contributed by atoms with Crippen molar-refractivity contribution in [2.45, 2.75) is 18.9 Å². The molecule has 1 atom stereocenters. The zero-order valence-electron chi connectivity index (χ0n) is 11.1. The van der Waals surface area contributed by atoms with E-state index in [9.17, 15) is 13.2 Å². The molecule has 1 aromatic rings. The van der Waals surface area contributed by atoms with Gasteiger partial charge in [-0.2, -0.15) is 0 Å². The first-order valence-corrected chi connectivity index (χ1v) is 7.92. The van der Waals surface area contributed by atoms with Crippen molar-refractivity contribution in [3.8, 4) is 5.75 Å². The molecule has 0 heterocycles. The van der Waals surface area contributed by atoms with E-state index in [1.54, 1.807) is 31.4 Å². The van der Waals surface area contributed by atoms with Crippen molar-refractivity contribution in [3.63, 3.8) is 0 Å². The van der Waals surface area contributed by atoms with Gasteiger partial charge in [0.15, 0.2) is 5.75 Å². The maximum absolute atomic E-state index is 11.8. The van der Waals surface area contributed by atoms with Crippen molar-refractivity contribution < 1.29 is 23.1 Å². The molecule has 1 aromatic carbocycles. The number of hydrogen-bond acceptors (Lipinski definition) is 4. The summed E-state index contributed by atoms with van der Waals surface area (Å²) in [5, 5.41) is 8.62. The van der Waals surface area contributed by atoms with Crippen molar-refractivity contribution >= 4 is 16.0 Å². The highest BCUT2D eigenvalue weighted by molar-refractivity contribution is 7.90. The van der Waals surface area contributed by atoms with E-state index in [1.165, 1.54) is 0 Å². The maximum atomic E-state index is 11.8. The lowest BCUT2D eigenvalue weighted by molar-refractivity contribution is -0.134. The van der Waals surface area contributed by atoms with Gasteiger partial charge in [-0.25, -0.2) is 13.1 Å². The molecule has 1 aliphatic carbocycles. The summed E-state index contributed by atoms with van der Waals surface area (Å²) in [7, 11) is -2.27. The Morgan fingerprint density at radius 2 is 2.00 bits per heavy atom. The molecule has 0 spiro atoms. The van der Waals surface area contributed by atoms with Gasteiger partial charge in [-0.05, 0) is 36.5 Å². The predicted molar refractivity (Wildman–Crippen MR) is 73.0 cm³/mol. The summed E-state index contributed by atoms with van der Waals surface area (Å²) in [5.41, 5.74) is 0.822. The maximum Gasteiger partial charge on any atom is 0.320 e. The minimum Gasteiger partial charge on any atom is -0.497 e. The molecule has 7 heteroatoms. The van der Waals surface area contributed by atoms with Crippen molar-refractivity contribution in [1.82, 2.24) is 4.72 Å². The molecule has 0 aliphatic heterocycles. The fraction of sp³-hybridized carbons (Fsp3) is 0.462. The van der Waals surface area contributed by atoms with Gasteiger partial charge >= 0.3 is 5.97 Å². The monoisotopic (exact) mass is 299 g/mol. The lowest BCUT2D eigenvalue weighted by atomic mass is 10.0. The molecule has 20 heavy (non-hydrogen) atoms. The molecular weight excluding hydrogens is 282 g/mol. The third kappa shape index (κ3) is 3.94. The number of benzene rings is 1. The van der Waals surface area contributed by atoms with E-state index in [0.717, 1.165) is 18.4 Å². The lowest BCUT2D eigenvalue weighted by Crippen LogP contribution is -2.34. The number of methoxy groups -OCH3 is 1. The van der Waals surface area contributed by atoms with Gasteiger partial charge in [0.1, 0.15) is 5.75 Å². The van der Waals surface area contributed by atoms with Crippen molar-refractivity contribution in [1.29, 1.82) is 0 Å². The van der Waals surface area contributed by atoms with Crippen LogP contribution in [0.2, 0.25) is 0 Å². The minimum atomic E-state index is -3.83. The van der Waals surface area contributed by atoms with E-state index >= 15 is 0 Å². The SMILES string of the molecule is COc1ccc(C(NS(=O)(=O)CC(=O)O)C2CC2)cc1. The molecule has 1 unspecified atom stereocenters. The topological polar surface area (TPSA) is 92.7 Å². The van der Waals surface area contributed by atoms with Crippen molar-refractivity contribution in [2.75, 3.05) is 12.9 Å². The molecule has 0 saturated heterocycles. The first kappa shape index (κ1) is 14.8. The Morgan fingerprint density at radius 1 is 1.40 bits per heavy atom. The zero-order valence-corrected chi connectivity index (χ0v) is 11.9. The lowest BCUT2D eigenvalue weighted by Gasteiger charge is -2.18. The van der Waals surface area contributed by atoms with E-state index in [2.05, 4.69) is 4.72 Å². The number of carbonyl (C=O) groups is 1. The summed E-state index contributed by atoms with van der Waals surface area (Å²) in [6.07, 6.45) is 1.87.